The molecule has 0 heterocycles. The summed E-state index contributed by atoms with van der Waals surface area (Å²) in [5.41, 5.74) is 8.70. The first kappa shape index (κ1) is 15.4. The minimum atomic E-state index is 0.163. The van der Waals surface area contributed by atoms with E-state index in [4.69, 9.17) is 28.9 Å². The Hall–Kier alpha value is -1.02. The van der Waals surface area contributed by atoms with Crippen molar-refractivity contribution in [1.29, 1.82) is 0 Å². The van der Waals surface area contributed by atoms with E-state index < -0.39 is 0 Å². The Balaban J connectivity index is 1.77. The molecule has 0 radical (unpaired) electrons. The van der Waals surface area contributed by atoms with Crippen LogP contribution in [-0.4, -0.2) is 6.04 Å². The fourth-order valence-corrected chi connectivity index (χ4v) is 2.61. The second-order valence-electron chi connectivity index (χ2n) is 5.09. The molecule has 106 valence electrons. The highest BCUT2D eigenvalue weighted by atomic mass is 35.5. The van der Waals surface area contributed by atoms with E-state index in [9.17, 15) is 0 Å². The van der Waals surface area contributed by atoms with Crippen molar-refractivity contribution in [2.24, 2.45) is 5.73 Å². The van der Waals surface area contributed by atoms with Crippen LogP contribution in [0.4, 0.5) is 0 Å². The molecule has 2 rings (SSSR count). The predicted octanol–water partition coefficient (Wildman–Crippen LogP) is 4.89. The minimum Gasteiger partial charge on any atom is -0.327 e. The van der Waals surface area contributed by atoms with Crippen molar-refractivity contribution in [3.8, 4) is 0 Å². The summed E-state index contributed by atoms with van der Waals surface area (Å²) in [6.07, 6.45) is 4.03. The van der Waals surface area contributed by atoms with E-state index in [0.29, 0.717) is 10.0 Å². The Labute approximate surface area is 130 Å². The summed E-state index contributed by atoms with van der Waals surface area (Å²) < 4.78 is 0. The molecule has 2 N–H and O–H groups in total. The first-order valence-electron chi connectivity index (χ1n) is 6.88. The standard InChI is InChI=1S/C17H19Cl2N/c18-16-10-9-14(12-17(16)19)11-15(20)8-4-7-13-5-2-1-3-6-13/h1-3,5-6,9-10,12,15H,4,7-8,11,20H2. The zero-order valence-electron chi connectivity index (χ0n) is 11.4. The minimum absolute atomic E-state index is 0.163. The van der Waals surface area contributed by atoms with Gasteiger partial charge in [0.2, 0.25) is 0 Å². The predicted molar refractivity (Wildman–Crippen MR) is 87.5 cm³/mol. The van der Waals surface area contributed by atoms with E-state index >= 15 is 0 Å². The lowest BCUT2D eigenvalue weighted by Gasteiger charge is -2.12. The summed E-state index contributed by atoms with van der Waals surface area (Å²) in [5, 5.41) is 1.19. The lowest BCUT2D eigenvalue weighted by Crippen LogP contribution is -2.22. The third kappa shape index (κ3) is 4.82. The summed E-state index contributed by atoms with van der Waals surface area (Å²) in [6.45, 7) is 0. The van der Waals surface area contributed by atoms with Crippen molar-refractivity contribution in [1.82, 2.24) is 0 Å². The summed E-state index contributed by atoms with van der Waals surface area (Å²) in [7, 11) is 0. The maximum absolute atomic E-state index is 6.18. The van der Waals surface area contributed by atoms with Crippen molar-refractivity contribution in [3.05, 3.63) is 69.7 Å². The molecule has 3 heteroatoms. The van der Waals surface area contributed by atoms with E-state index in [0.717, 1.165) is 31.2 Å². The molecule has 2 aromatic carbocycles. The van der Waals surface area contributed by atoms with Crippen LogP contribution in [0.15, 0.2) is 48.5 Å². The van der Waals surface area contributed by atoms with Gasteiger partial charge < -0.3 is 5.73 Å². The summed E-state index contributed by atoms with van der Waals surface area (Å²) >= 11 is 11.9. The highest BCUT2D eigenvalue weighted by Gasteiger charge is 2.06. The topological polar surface area (TPSA) is 26.0 Å². The van der Waals surface area contributed by atoms with Gasteiger partial charge in [-0.25, -0.2) is 0 Å². The molecule has 0 spiro atoms. The number of benzene rings is 2. The van der Waals surface area contributed by atoms with Gasteiger partial charge in [0, 0.05) is 6.04 Å². The maximum Gasteiger partial charge on any atom is 0.0595 e. The smallest absolute Gasteiger partial charge is 0.0595 e. The Kier molecular flexibility index (Phi) is 5.90. The van der Waals surface area contributed by atoms with Gasteiger partial charge in [0.25, 0.3) is 0 Å². The van der Waals surface area contributed by atoms with Gasteiger partial charge >= 0.3 is 0 Å². The molecule has 0 amide bonds. The van der Waals surface area contributed by atoms with Crippen molar-refractivity contribution < 1.29 is 0 Å². The molecule has 1 nitrogen and oxygen atoms in total. The maximum atomic E-state index is 6.18. The number of rotatable bonds is 6. The van der Waals surface area contributed by atoms with Crippen LogP contribution in [0.5, 0.6) is 0 Å². The van der Waals surface area contributed by atoms with E-state index in [1.54, 1.807) is 0 Å². The highest BCUT2D eigenvalue weighted by molar-refractivity contribution is 6.42. The van der Waals surface area contributed by atoms with Gasteiger partial charge in [-0.1, -0.05) is 59.6 Å². The van der Waals surface area contributed by atoms with Gasteiger partial charge in [0.05, 0.1) is 10.0 Å². The lowest BCUT2D eigenvalue weighted by atomic mass is 10.00. The molecule has 0 aliphatic rings. The third-order valence-corrected chi connectivity index (χ3v) is 4.10. The van der Waals surface area contributed by atoms with Gasteiger partial charge in [-0.15, -0.1) is 0 Å². The molecule has 0 bridgehead atoms. The molecule has 0 fully saturated rings. The molecule has 0 saturated carbocycles. The van der Waals surface area contributed by atoms with Gasteiger partial charge in [0.1, 0.15) is 0 Å². The average molecular weight is 308 g/mol. The lowest BCUT2D eigenvalue weighted by molar-refractivity contribution is 0.580. The van der Waals surface area contributed by atoms with Gasteiger partial charge in [-0.3, -0.25) is 0 Å². The molecule has 0 aliphatic carbocycles. The molecule has 0 aromatic heterocycles. The number of halogens is 2. The van der Waals surface area contributed by atoms with Crippen molar-refractivity contribution >= 4 is 23.2 Å². The van der Waals surface area contributed by atoms with Crippen LogP contribution in [0.25, 0.3) is 0 Å². The van der Waals surface area contributed by atoms with Crippen LogP contribution in [0.1, 0.15) is 24.0 Å². The van der Waals surface area contributed by atoms with Crippen molar-refractivity contribution in [3.63, 3.8) is 0 Å². The number of nitrogens with two attached hydrogens (primary N) is 1. The number of aryl methyl sites for hydroxylation is 1. The highest BCUT2D eigenvalue weighted by Crippen LogP contribution is 2.23. The van der Waals surface area contributed by atoms with Crippen molar-refractivity contribution in [2.75, 3.05) is 0 Å². The molecule has 1 unspecified atom stereocenters. The van der Waals surface area contributed by atoms with Gasteiger partial charge in [0.15, 0.2) is 0 Å². The van der Waals surface area contributed by atoms with Crippen molar-refractivity contribution in [2.45, 2.75) is 31.7 Å². The third-order valence-electron chi connectivity index (χ3n) is 3.37. The number of hydrogen-bond acceptors (Lipinski definition) is 1. The van der Waals surface area contributed by atoms with E-state index in [-0.39, 0.29) is 6.04 Å². The van der Waals surface area contributed by atoms with Crippen LogP contribution in [-0.2, 0) is 12.8 Å². The Morgan fingerprint density at radius 3 is 2.35 bits per heavy atom. The molecule has 2 aromatic rings. The first-order valence-corrected chi connectivity index (χ1v) is 7.64. The van der Waals surface area contributed by atoms with E-state index in [1.807, 2.05) is 24.3 Å². The second-order valence-corrected chi connectivity index (χ2v) is 5.90. The van der Waals surface area contributed by atoms with Gasteiger partial charge in [-0.2, -0.15) is 0 Å². The quantitative estimate of drug-likeness (QED) is 0.808. The summed E-state index contributed by atoms with van der Waals surface area (Å²) in [5.74, 6) is 0. The fraction of sp³-hybridized carbons (Fsp3) is 0.294. The zero-order valence-corrected chi connectivity index (χ0v) is 12.9. The zero-order chi connectivity index (χ0) is 14.4. The molecule has 20 heavy (non-hydrogen) atoms. The van der Waals surface area contributed by atoms with Gasteiger partial charge in [-0.05, 0) is 48.9 Å². The largest absolute Gasteiger partial charge is 0.327 e. The number of hydrogen-bond donors (Lipinski definition) is 1. The second kappa shape index (κ2) is 7.68. The first-order chi connectivity index (χ1) is 9.65. The van der Waals surface area contributed by atoms with Crippen LogP contribution in [0, 0.1) is 0 Å². The van der Waals surface area contributed by atoms with Crippen LogP contribution in [0.3, 0.4) is 0 Å². The fourth-order valence-electron chi connectivity index (χ4n) is 2.28. The molecule has 0 saturated heterocycles. The molecule has 1 atom stereocenters. The van der Waals surface area contributed by atoms with E-state index in [1.165, 1.54) is 5.56 Å². The Bertz CT molecular complexity index is 540. The SMILES string of the molecule is NC(CCCc1ccccc1)Cc1ccc(Cl)c(Cl)c1. The van der Waals surface area contributed by atoms with Crippen LogP contribution in [0.2, 0.25) is 10.0 Å². The average Bonchev–Trinajstić information content (AvgIpc) is 2.44. The van der Waals surface area contributed by atoms with E-state index in [2.05, 4.69) is 24.3 Å². The monoisotopic (exact) mass is 307 g/mol. The molecular formula is C17H19Cl2N. The molecule has 0 aliphatic heterocycles. The Morgan fingerprint density at radius 2 is 1.65 bits per heavy atom. The van der Waals surface area contributed by atoms with Crippen LogP contribution >= 0.6 is 23.2 Å². The summed E-state index contributed by atoms with van der Waals surface area (Å²) in [4.78, 5) is 0. The van der Waals surface area contributed by atoms with Crippen LogP contribution < -0.4 is 5.73 Å². The Morgan fingerprint density at radius 1 is 0.900 bits per heavy atom. The normalized spacial score (nSPS) is 12.3. The summed E-state index contributed by atoms with van der Waals surface area (Å²) in [6, 6.07) is 16.4. The molecular weight excluding hydrogens is 289 g/mol.